The number of carboxylic acids is 4. The number of hydrogen-bond donors (Lipinski definition) is 5. The van der Waals surface area contributed by atoms with Gasteiger partial charge in [0, 0.05) is 43.4 Å². The lowest BCUT2D eigenvalue weighted by molar-refractivity contribution is -0.143. The number of carbonyl (C=O) groups is 5. The molecule has 0 saturated carbocycles. The maximum Gasteiger partial charge on any atom is 0.317 e. The van der Waals surface area contributed by atoms with Crippen molar-refractivity contribution in [1.82, 2.24) is 19.7 Å². The number of fused-ring (bicyclic) bond motifs is 1. The van der Waals surface area contributed by atoms with E-state index in [-0.39, 0.29) is 32.7 Å². The van der Waals surface area contributed by atoms with Gasteiger partial charge in [0.25, 0.3) is 0 Å². The monoisotopic (exact) mass is 519 g/mol. The fraction of sp³-hybridized carbons (Fsp3) is 0.391. The third-order valence-electron chi connectivity index (χ3n) is 5.15. The van der Waals surface area contributed by atoms with Crippen molar-refractivity contribution in [2.45, 2.75) is 0 Å². The molecule has 0 bridgehead atoms. The summed E-state index contributed by atoms with van der Waals surface area (Å²) in [6.45, 7) is -2.22. The Balaban J connectivity index is 2.00. The first-order chi connectivity index (χ1) is 17.5. The standard InChI is InChI=1S/C23H29N5O9/c29-19(25-17-3-4-18-16(10-17)2-1-5-24-18)11-27(13-21(32)33)8-6-26(12-20(30)31)7-9-28(14-22(34)35)15-23(36)37/h1-5,10H,6-9,11-15H2,(H,25,29)(H,30,31)(H,32,33)(H,34,35)(H,36,37). The van der Waals surface area contributed by atoms with Crippen molar-refractivity contribution in [3.63, 3.8) is 0 Å². The van der Waals surface area contributed by atoms with Crippen LogP contribution in [0.4, 0.5) is 5.69 Å². The number of benzene rings is 1. The van der Waals surface area contributed by atoms with Crippen LogP contribution in [-0.2, 0) is 24.0 Å². The minimum atomic E-state index is -1.23. The predicted octanol–water partition coefficient (Wildman–Crippen LogP) is -0.582. The molecule has 14 heteroatoms. The zero-order valence-electron chi connectivity index (χ0n) is 19.9. The van der Waals surface area contributed by atoms with Gasteiger partial charge in [-0.1, -0.05) is 6.07 Å². The molecule has 5 N–H and O–H groups in total. The summed E-state index contributed by atoms with van der Waals surface area (Å²) in [6.07, 6.45) is 1.65. The molecule has 1 aromatic heterocycles. The highest BCUT2D eigenvalue weighted by Crippen LogP contribution is 2.17. The predicted molar refractivity (Wildman–Crippen MR) is 130 cm³/mol. The molecule has 0 aliphatic heterocycles. The minimum Gasteiger partial charge on any atom is -0.480 e. The van der Waals surface area contributed by atoms with E-state index in [4.69, 9.17) is 10.2 Å². The van der Waals surface area contributed by atoms with Crippen LogP contribution >= 0.6 is 0 Å². The van der Waals surface area contributed by atoms with Crippen molar-refractivity contribution in [2.75, 3.05) is 64.2 Å². The summed E-state index contributed by atoms with van der Waals surface area (Å²) in [5.41, 5.74) is 1.25. The third-order valence-corrected chi connectivity index (χ3v) is 5.15. The van der Waals surface area contributed by atoms with Gasteiger partial charge >= 0.3 is 23.9 Å². The smallest absolute Gasteiger partial charge is 0.317 e. The Labute approximate surface area is 211 Å². The van der Waals surface area contributed by atoms with E-state index in [9.17, 15) is 34.2 Å². The van der Waals surface area contributed by atoms with Crippen LogP contribution in [0.25, 0.3) is 10.9 Å². The second-order valence-corrected chi connectivity index (χ2v) is 8.23. The summed E-state index contributed by atoms with van der Waals surface area (Å²) in [7, 11) is 0. The molecule has 2 rings (SSSR count). The molecule has 0 aliphatic rings. The summed E-state index contributed by atoms with van der Waals surface area (Å²) in [4.78, 5) is 65.3. The van der Waals surface area contributed by atoms with Gasteiger partial charge in [-0.15, -0.1) is 0 Å². The molecular formula is C23H29N5O9. The molecule has 37 heavy (non-hydrogen) atoms. The molecule has 1 heterocycles. The molecule has 14 nitrogen and oxygen atoms in total. The molecule has 200 valence electrons. The van der Waals surface area contributed by atoms with E-state index in [0.717, 1.165) is 15.8 Å². The largest absolute Gasteiger partial charge is 0.480 e. The van der Waals surface area contributed by atoms with Crippen LogP contribution in [0, 0.1) is 0 Å². The van der Waals surface area contributed by atoms with Gasteiger partial charge in [-0.3, -0.25) is 43.7 Å². The van der Waals surface area contributed by atoms with Gasteiger partial charge in [-0.2, -0.15) is 0 Å². The zero-order valence-corrected chi connectivity index (χ0v) is 19.9. The van der Waals surface area contributed by atoms with E-state index in [0.29, 0.717) is 5.69 Å². The number of carbonyl (C=O) groups excluding carboxylic acids is 1. The average Bonchev–Trinajstić information content (AvgIpc) is 2.79. The number of aromatic nitrogens is 1. The van der Waals surface area contributed by atoms with Gasteiger partial charge in [0.05, 0.1) is 38.2 Å². The van der Waals surface area contributed by atoms with Crippen molar-refractivity contribution in [3.05, 3.63) is 36.5 Å². The molecule has 0 radical (unpaired) electrons. The average molecular weight is 520 g/mol. The van der Waals surface area contributed by atoms with Gasteiger partial charge < -0.3 is 25.7 Å². The van der Waals surface area contributed by atoms with Crippen LogP contribution in [0.2, 0.25) is 0 Å². The Kier molecular flexibility index (Phi) is 11.3. The first-order valence-corrected chi connectivity index (χ1v) is 11.2. The van der Waals surface area contributed by atoms with Crippen molar-refractivity contribution in [3.8, 4) is 0 Å². The summed E-state index contributed by atoms with van der Waals surface area (Å²) < 4.78 is 0. The molecular weight excluding hydrogens is 490 g/mol. The van der Waals surface area contributed by atoms with Crippen LogP contribution in [-0.4, -0.2) is 129 Å². The summed E-state index contributed by atoms with van der Waals surface area (Å²) in [5.74, 6) is -5.28. The van der Waals surface area contributed by atoms with Crippen LogP contribution in [0.1, 0.15) is 0 Å². The number of pyridine rings is 1. The van der Waals surface area contributed by atoms with E-state index in [1.807, 2.05) is 6.07 Å². The lowest BCUT2D eigenvalue weighted by Crippen LogP contribution is -2.46. The lowest BCUT2D eigenvalue weighted by atomic mass is 10.2. The number of aliphatic carboxylic acids is 4. The van der Waals surface area contributed by atoms with E-state index < -0.39 is 56.0 Å². The Morgan fingerprint density at radius 3 is 1.70 bits per heavy atom. The highest BCUT2D eigenvalue weighted by molar-refractivity contribution is 5.95. The fourth-order valence-electron chi connectivity index (χ4n) is 3.59. The Morgan fingerprint density at radius 2 is 1.16 bits per heavy atom. The molecule has 1 aromatic carbocycles. The number of anilines is 1. The van der Waals surface area contributed by atoms with Gasteiger partial charge in [0.1, 0.15) is 0 Å². The second-order valence-electron chi connectivity index (χ2n) is 8.23. The SMILES string of the molecule is O=C(O)CN(CCN(CC(=O)O)CC(=O)O)CCN(CC(=O)O)CC(=O)Nc1ccc2ncccc2c1. The highest BCUT2D eigenvalue weighted by atomic mass is 16.4. The van der Waals surface area contributed by atoms with Gasteiger partial charge in [0.15, 0.2) is 0 Å². The maximum absolute atomic E-state index is 12.6. The fourth-order valence-corrected chi connectivity index (χ4v) is 3.59. The minimum absolute atomic E-state index is 0.0189. The molecule has 1 amide bonds. The van der Waals surface area contributed by atoms with Crippen LogP contribution in [0.5, 0.6) is 0 Å². The highest BCUT2D eigenvalue weighted by Gasteiger charge is 2.19. The molecule has 0 atom stereocenters. The van der Waals surface area contributed by atoms with Crippen molar-refractivity contribution in [1.29, 1.82) is 0 Å². The number of rotatable bonds is 17. The Hall–Kier alpha value is -4.14. The summed E-state index contributed by atoms with van der Waals surface area (Å²) in [5, 5.41) is 39.9. The van der Waals surface area contributed by atoms with Crippen LogP contribution in [0.15, 0.2) is 36.5 Å². The number of nitrogens with one attached hydrogen (secondary N) is 1. The Bertz CT molecular complexity index is 1110. The first kappa shape index (κ1) is 29.1. The van der Waals surface area contributed by atoms with E-state index in [1.54, 1.807) is 30.5 Å². The summed E-state index contributed by atoms with van der Waals surface area (Å²) in [6, 6.07) is 8.73. The van der Waals surface area contributed by atoms with Gasteiger partial charge in [-0.05, 0) is 24.3 Å². The molecule has 0 spiro atoms. The van der Waals surface area contributed by atoms with E-state index in [1.165, 1.54) is 9.80 Å². The lowest BCUT2D eigenvalue weighted by Gasteiger charge is -2.27. The van der Waals surface area contributed by atoms with Gasteiger partial charge in [-0.25, -0.2) is 0 Å². The van der Waals surface area contributed by atoms with E-state index in [2.05, 4.69) is 10.3 Å². The first-order valence-electron chi connectivity index (χ1n) is 11.2. The molecule has 0 unspecified atom stereocenters. The quantitative estimate of drug-likeness (QED) is 0.178. The number of nitrogens with zero attached hydrogens (tertiary/aromatic N) is 4. The van der Waals surface area contributed by atoms with Crippen molar-refractivity contribution < 1.29 is 44.4 Å². The second kappa shape index (κ2) is 14.4. The number of amides is 1. The number of carboxylic acid groups (broad SMARTS) is 4. The van der Waals surface area contributed by atoms with Crippen molar-refractivity contribution >= 4 is 46.4 Å². The van der Waals surface area contributed by atoms with Crippen LogP contribution < -0.4 is 5.32 Å². The van der Waals surface area contributed by atoms with Crippen molar-refractivity contribution in [2.24, 2.45) is 0 Å². The molecule has 0 aliphatic carbocycles. The number of hydrogen-bond acceptors (Lipinski definition) is 9. The van der Waals surface area contributed by atoms with E-state index >= 15 is 0 Å². The Morgan fingerprint density at radius 1 is 0.676 bits per heavy atom. The molecule has 0 fully saturated rings. The third kappa shape index (κ3) is 11.4. The maximum atomic E-state index is 12.6. The zero-order chi connectivity index (χ0) is 27.4. The molecule has 2 aromatic rings. The molecule has 0 saturated heterocycles. The normalized spacial score (nSPS) is 11.2. The van der Waals surface area contributed by atoms with Gasteiger partial charge in [0.2, 0.25) is 5.91 Å². The van der Waals surface area contributed by atoms with Crippen LogP contribution in [0.3, 0.4) is 0 Å². The topological polar surface area (TPSA) is 201 Å². The summed E-state index contributed by atoms with van der Waals surface area (Å²) >= 11 is 0.